The summed E-state index contributed by atoms with van der Waals surface area (Å²) >= 11 is 0. The minimum absolute atomic E-state index is 0.213. The van der Waals surface area contributed by atoms with Gasteiger partial charge in [0.05, 0.1) is 16.9 Å². The van der Waals surface area contributed by atoms with Gasteiger partial charge in [-0.15, -0.1) is 0 Å². The van der Waals surface area contributed by atoms with Crippen molar-refractivity contribution in [3.05, 3.63) is 48.2 Å². The minimum Gasteiger partial charge on any atom is -0.376 e. The monoisotopic (exact) mass is 271 g/mol. The molecule has 1 aromatic heterocycles. The van der Waals surface area contributed by atoms with Gasteiger partial charge in [0.1, 0.15) is 5.82 Å². The Morgan fingerprint density at radius 1 is 1.20 bits per heavy atom. The summed E-state index contributed by atoms with van der Waals surface area (Å²) in [6, 6.07) is 10.9. The molecule has 0 unspecified atom stereocenters. The fourth-order valence-electron chi connectivity index (χ4n) is 1.78. The van der Waals surface area contributed by atoms with Crippen molar-refractivity contribution in [1.29, 1.82) is 0 Å². The maximum atomic E-state index is 12.2. The molecule has 0 spiro atoms. The first-order valence-corrected chi connectivity index (χ1v) is 6.12. The SMILES string of the molecule is CN(C)c1ccccc1NC(=O)c1ccc(NN)nc1. The normalized spacial score (nSPS) is 9.95. The molecule has 2 rings (SSSR count). The van der Waals surface area contributed by atoms with Crippen LogP contribution in [-0.2, 0) is 0 Å². The number of aromatic nitrogens is 1. The Hall–Kier alpha value is -2.60. The summed E-state index contributed by atoms with van der Waals surface area (Å²) in [5.41, 5.74) is 4.58. The van der Waals surface area contributed by atoms with Gasteiger partial charge in [0.25, 0.3) is 5.91 Å². The molecule has 0 fully saturated rings. The molecule has 0 saturated heterocycles. The van der Waals surface area contributed by atoms with Crippen LogP contribution in [-0.4, -0.2) is 25.0 Å². The molecule has 1 amide bonds. The van der Waals surface area contributed by atoms with Gasteiger partial charge in [-0.25, -0.2) is 10.8 Å². The molecule has 1 aromatic carbocycles. The molecule has 20 heavy (non-hydrogen) atoms. The second-order valence-electron chi connectivity index (χ2n) is 4.44. The number of hydrazine groups is 1. The number of hydrogen-bond donors (Lipinski definition) is 3. The molecule has 1 heterocycles. The molecule has 0 aliphatic heterocycles. The third-order valence-electron chi connectivity index (χ3n) is 2.81. The van der Waals surface area contributed by atoms with Crippen molar-refractivity contribution < 1.29 is 4.79 Å². The number of benzene rings is 1. The Balaban J connectivity index is 2.19. The van der Waals surface area contributed by atoms with Crippen LogP contribution in [0.5, 0.6) is 0 Å². The average Bonchev–Trinajstić information content (AvgIpc) is 2.47. The lowest BCUT2D eigenvalue weighted by molar-refractivity contribution is 0.102. The number of rotatable bonds is 4. The average molecular weight is 271 g/mol. The molecule has 0 aliphatic carbocycles. The van der Waals surface area contributed by atoms with Gasteiger partial charge in [0.15, 0.2) is 0 Å². The number of pyridine rings is 1. The van der Waals surface area contributed by atoms with E-state index in [-0.39, 0.29) is 5.91 Å². The Bertz CT molecular complexity index is 595. The maximum Gasteiger partial charge on any atom is 0.257 e. The molecule has 0 bridgehead atoms. The van der Waals surface area contributed by atoms with Gasteiger partial charge in [-0.05, 0) is 24.3 Å². The quantitative estimate of drug-likeness (QED) is 0.582. The molecule has 0 aliphatic rings. The minimum atomic E-state index is -0.213. The van der Waals surface area contributed by atoms with Crippen molar-refractivity contribution in [1.82, 2.24) is 4.98 Å². The number of anilines is 3. The number of para-hydroxylation sites is 2. The second-order valence-corrected chi connectivity index (χ2v) is 4.44. The highest BCUT2D eigenvalue weighted by Gasteiger charge is 2.10. The number of nitrogens with zero attached hydrogens (tertiary/aromatic N) is 2. The molecule has 4 N–H and O–H groups in total. The lowest BCUT2D eigenvalue weighted by atomic mass is 10.2. The zero-order valence-corrected chi connectivity index (χ0v) is 11.4. The largest absolute Gasteiger partial charge is 0.376 e. The van der Waals surface area contributed by atoms with Crippen LogP contribution in [0.15, 0.2) is 42.6 Å². The number of amides is 1. The number of carbonyl (C=O) groups is 1. The summed E-state index contributed by atoms with van der Waals surface area (Å²) in [7, 11) is 3.85. The molecular formula is C14H17N5O. The first kappa shape index (κ1) is 13.8. The molecule has 2 aromatic rings. The van der Waals surface area contributed by atoms with Gasteiger partial charge in [-0.2, -0.15) is 0 Å². The first-order valence-electron chi connectivity index (χ1n) is 6.12. The molecule has 0 radical (unpaired) electrons. The summed E-state index contributed by atoms with van der Waals surface area (Å²) < 4.78 is 0. The van der Waals surface area contributed by atoms with E-state index in [0.29, 0.717) is 11.4 Å². The highest BCUT2D eigenvalue weighted by molar-refractivity contribution is 6.05. The molecular weight excluding hydrogens is 254 g/mol. The van der Waals surface area contributed by atoms with Gasteiger partial charge in [0.2, 0.25) is 0 Å². The highest BCUT2D eigenvalue weighted by Crippen LogP contribution is 2.23. The van der Waals surface area contributed by atoms with Gasteiger partial charge in [-0.3, -0.25) is 4.79 Å². The van der Waals surface area contributed by atoms with Crippen LogP contribution in [0.25, 0.3) is 0 Å². The Morgan fingerprint density at radius 3 is 2.55 bits per heavy atom. The molecule has 104 valence electrons. The van der Waals surface area contributed by atoms with Crippen molar-refractivity contribution in [2.24, 2.45) is 5.84 Å². The summed E-state index contributed by atoms with van der Waals surface area (Å²) in [5.74, 6) is 5.53. The van der Waals surface area contributed by atoms with E-state index in [1.54, 1.807) is 12.1 Å². The van der Waals surface area contributed by atoms with Crippen LogP contribution in [0.1, 0.15) is 10.4 Å². The van der Waals surface area contributed by atoms with Crippen LogP contribution < -0.4 is 21.5 Å². The summed E-state index contributed by atoms with van der Waals surface area (Å²) in [4.78, 5) is 18.1. The lowest BCUT2D eigenvalue weighted by Gasteiger charge is -2.17. The predicted octanol–water partition coefficient (Wildman–Crippen LogP) is 1.69. The predicted molar refractivity (Wildman–Crippen MR) is 80.8 cm³/mol. The van der Waals surface area contributed by atoms with Crippen LogP contribution in [0, 0.1) is 0 Å². The smallest absolute Gasteiger partial charge is 0.257 e. The van der Waals surface area contributed by atoms with Crippen LogP contribution in [0.4, 0.5) is 17.2 Å². The number of nitrogens with one attached hydrogen (secondary N) is 2. The lowest BCUT2D eigenvalue weighted by Crippen LogP contribution is -2.17. The summed E-state index contributed by atoms with van der Waals surface area (Å²) in [5, 5.41) is 2.87. The van der Waals surface area contributed by atoms with Crippen molar-refractivity contribution in [2.45, 2.75) is 0 Å². The van der Waals surface area contributed by atoms with Crippen molar-refractivity contribution in [2.75, 3.05) is 29.7 Å². The molecule has 6 heteroatoms. The van der Waals surface area contributed by atoms with E-state index in [1.165, 1.54) is 6.20 Å². The van der Waals surface area contributed by atoms with Crippen molar-refractivity contribution >= 4 is 23.1 Å². The number of hydrogen-bond acceptors (Lipinski definition) is 5. The van der Waals surface area contributed by atoms with E-state index < -0.39 is 0 Å². The first-order chi connectivity index (χ1) is 9.61. The summed E-state index contributed by atoms with van der Waals surface area (Å²) in [6.45, 7) is 0. The summed E-state index contributed by atoms with van der Waals surface area (Å²) in [6.07, 6.45) is 1.48. The van der Waals surface area contributed by atoms with E-state index in [9.17, 15) is 4.79 Å². The standard InChI is InChI=1S/C14H17N5O/c1-19(2)12-6-4-3-5-11(12)17-14(20)10-7-8-13(18-15)16-9-10/h3-9H,15H2,1-2H3,(H,16,18)(H,17,20). The van der Waals surface area contributed by atoms with Gasteiger partial charge < -0.3 is 15.6 Å². The van der Waals surface area contributed by atoms with Crippen LogP contribution in [0.3, 0.4) is 0 Å². The molecule has 0 saturated carbocycles. The van der Waals surface area contributed by atoms with Gasteiger partial charge in [0, 0.05) is 20.3 Å². The maximum absolute atomic E-state index is 12.2. The van der Waals surface area contributed by atoms with Gasteiger partial charge in [-0.1, -0.05) is 12.1 Å². The fraction of sp³-hybridized carbons (Fsp3) is 0.143. The Kier molecular flexibility index (Phi) is 4.17. The van der Waals surface area contributed by atoms with E-state index in [2.05, 4.69) is 15.7 Å². The van der Waals surface area contributed by atoms with E-state index in [0.717, 1.165) is 11.4 Å². The zero-order valence-electron chi connectivity index (χ0n) is 11.4. The highest BCUT2D eigenvalue weighted by atomic mass is 16.1. The van der Waals surface area contributed by atoms with Gasteiger partial charge >= 0.3 is 0 Å². The van der Waals surface area contributed by atoms with E-state index in [1.807, 2.05) is 43.3 Å². The van der Waals surface area contributed by atoms with Crippen molar-refractivity contribution in [3.63, 3.8) is 0 Å². The molecule has 0 atom stereocenters. The van der Waals surface area contributed by atoms with Crippen LogP contribution in [0.2, 0.25) is 0 Å². The third-order valence-corrected chi connectivity index (χ3v) is 2.81. The third kappa shape index (κ3) is 3.04. The second kappa shape index (κ2) is 6.03. The topological polar surface area (TPSA) is 83.3 Å². The number of carbonyl (C=O) groups excluding carboxylic acids is 1. The Morgan fingerprint density at radius 2 is 1.95 bits per heavy atom. The molecule has 6 nitrogen and oxygen atoms in total. The van der Waals surface area contributed by atoms with E-state index in [4.69, 9.17) is 5.84 Å². The van der Waals surface area contributed by atoms with E-state index >= 15 is 0 Å². The zero-order chi connectivity index (χ0) is 14.5. The van der Waals surface area contributed by atoms with Crippen LogP contribution >= 0.6 is 0 Å². The Labute approximate surface area is 117 Å². The number of nitrogens with two attached hydrogens (primary N) is 1. The number of nitrogen functional groups attached to an aromatic ring is 1. The van der Waals surface area contributed by atoms with Crippen molar-refractivity contribution in [3.8, 4) is 0 Å². The fourth-order valence-corrected chi connectivity index (χ4v) is 1.78.